The lowest BCUT2D eigenvalue weighted by Gasteiger charge is -2.19. The predicted octanol–water partition coefficient (Wildman–Crippen LogP) is 4.72. The summed E-state index contributed by atoms with van der Waals surface area (Å²) in [5, 5.41) is 0. The topological polar surface area (TPSA) is 22.1 Å². The summed E-state index contributed by atoms with van der Waals surface area (Å²) >= 11 is 3.44. The molecular formula is C16H18BrNO. The van der Waals surface area contributed by atoms with Crippen molar-refractivity contribution in [1.29, 1.82) is 0 Å². The Labute approximate surface area is 123 Å². The zero-order chi connectivity index (χ0) is 13.9. The molecule has 3 heteroatoms. The number of benzene rings is 1. The van der Waals surface area contributed by atoms with E-state index in [0.29, 0.717) is 6.61 Å². The minimum atomic E-state index is 0.00857. The maximum absolute atomic E-state index is 5.84. The monoisotopic (exact) mass is 319 g/mol. The molecule has 19 heavy (non-hydrogen) atoms. The largest absolute Gasteiger partial charge is 0.489 e. The lowest BCUT2D eigenvalue weighted by atomic mass is 9.91. The standard InChI is InChI=1S/C16H18BrNO/c1-16(2,3)14-9-13(10-15(17)18-14)19-11-12-7-5-4-6-8-12/h4-10H,11H2,1-3H3. The van der Waals surface area contributed by atoms with Crippen LogP contribution in [0.25, 0.3) is 0 Å². The van der Waals surface area contributed by atoms with Crippen LogP contribution in [0.3, 0.4) is 0 Å². The van der Waals surface area contributed by atoms with Crippen LogP contribution in [0.1, 0.15) is 32.0 Å². The van der Waals surface area contributed by atoms with E-state index in [-0.39, 0.29) is 5.41 Å². The van der Waals surface area contributed by atoms with Crippen molar-refractivity contribution in [2.75, 3.05) is 0 Å². The van der Waals surface area contributed by atoms with Gasteiger partial charge in [0.05, 0.1) is 5.69 Å². The Kier molecular flexibility index (Phi) is 4.25. The Morgan fingerprint density at radius 1 is 1.11 bits per heavy atom. The van der Waals surface area contributed by atoms with Crippen LogP contribution in [0.15, 0.2) is 47.1 Å². The highest BCUT2D eigenvalue weighted by Gasteiger charge is 2.17. The van der Waals surface area contributed by atoms with Gasteiger partial charge in [0, 0.05) is 17.5 Å². The van der Waals surface area contributed by atoms with Crippen LogP contribution in [0.2, 0.25) is 0 Å². The van der Waals surface area contributed by atoms with Gasteiger partial charge in [-0.3, -0.25) is 0 Å². The second kappa shape index (κ2) is 5.74. The van der Waals surface area contributed by atoms with E-state index < -0.39 is 0 Å². The highest BCUT2D eigenvalue weighted by Crippen LogP contribution is 2.27. The first kappa shape index (κ1) is 14.1. The zero-order valence-electron chi connectivity index (χ0n) is 11.5. The van der Waals surface area contributed by atoms with Gasteiger partial charge in [-0.1, -0.05) is 51.1 Å². The summed E-state index contributed by atoms with van der Waals surface area (Å²) in [7, 11) is 0. The molecule has 0 spiro atoms. The summed E-state index contributed by atoms with van der Waals surface area (Å²) in [6.07, 6.45) is 0. The van der Waals surface area contributed by atoms with E-state index in [2.05, 4.69) is 53.8 Å². The molecule has 2 aromatic rings. The van der Waals surface area contributed by atoms with E-state index in [4.69, 9.17) is 4.74 Å². The molecule has 0 fully saturated rings. The van der Waals surface area contributed by atoms with Crippen LogP contribution in [0.4, 0.5) is 0 Å². The maximum atomic E-state index is 5.84. The number of hydrogen-bond donors (Lipinski definition) is 0. The highest BCUT2D eigenvalue weighted by molar-refractivity contribution is 9.10. The van der Waals surface area contributed by atoms with Gasteiger partial charge in [0.2, 0.25) is 0 Å². The molecule has 0 saturated heterocycles. The third-order valence-electron chi connectivity index (χ3n) is 2.78. The van der Waals surface area contributed by atoms with Crippen molar-refractivity contribution in [3.8, 4) is 5.75 Å². The van der Waals surface area contributed by atoms with Crippen LogP contribution < -0.4 is 4.74 Å². The second-order valence-corrected chi connectivity index (χ2v) is 6.35. The summed E-state index contributed by atoms with van der Waals surface area (Å²) < 4.78 is 6.65. The molecule has 0 saturated carbocycles. The molecule has 0 aliphatic heterocycles. The zero-order valence-corrected chi connectivity index (χ0v) is 13.1. The van der Waals surface area contributed by atoms with Crippen molar-refractivity contribution in [2.24, 2.45) is 0 Å². The summed E-state index contributed by atoms with van der Waals surface area (Å²) in [5.74, 6) is 0.843. The normalized spacial score (nSPS) is 11.4. The van der Waals surface area contributed by atoms with Crippen molar-refractivity contribution in [1.82, 2.24) is 4.98 Å². The second-order valence-electron chi connectivity index (χ2n) is 5.54. The first-order valence-corrected chi connectivity index (χ1v) is 7.09. The summed E-state index contributed by atoms with van der Waals surface area (Å²) in [4.78, 5) is 4.50. The lowest BCUT2D eigenvalue weighted by molar-refractivity contribution is 0.304. The van der Waals surface area contributed by atoms with Crippen molar-refractivity contribution in [3.63, 3.8) is 0 Å². The van der Waals surface area contributed by atoms with Gasteiger partial charge in [0.25, 0.3) is 0 Å². The molecule has 1 aromatic heterocycles. The number of pyridine rings is 1. The Hall–Kier alpha value is -1.35. The van der Waals surface area contributed by atoms with E-state index in [1.807, 2.05) is 30.3 Å². The fraction of sp³-hybridized carbons (Fsp3) is 0.312. The van der Waals surface area contributed by atoms with Gasteiger partial charge >= 0.3 is 0 Å². The van der Waals surface area contributed by atoms with E-state index in [9.17, 15) is 0 Å². The fourth-order valence-electron chi connectivity index (χ4n) is 1.68. The molecule has 100 valence electrons. The van der Waals surface area contributed by atoms with Gasteiger partial charge < -0.3 is 4.74 Å². The number of halogens is 1. The molecule has 0 bridgehead atoms. The average molecular weight is 320 g/mol. The predicted molar refractivity (Wildman–Crippen MR) is 81.4 cm³/mol. The highest BCUT2D eigenvalue weighted by atomic mass is 79.9. The molecular weight excluding hydrogens is 302 g/mol. The molecule has 0 unspecified atom stereocenters. The van der Waals surface area contributed by atoms with Crippen molar-refractivity contribution >= 4 is 15.9 Å². The molecule has 0 radical (unpaired) electrons. The van der Waals surface area contributed by atoms with Crippen LogP contribution in [0.5, 0.6) is 5.75 Å². The van der Waals surface area contributed by atoms with E-state index in [1.54, 1.807) is 0 Å². The van der Waals surface area contributed by atoms with E-state index in [1.165, 1.54) is 0 Å². The first-order chi connectivity index (χ1) is 8.95. The molecule has 0 aliphatic carbocycles. The van der Waals surface area contributed by atoms with E-state index >= 15 is 0 Å². The van der Waals surface area contributed by atoms with Crippen LogP contribution in [-0.4, -0.2) is 4.98 Å². The SMILES string of the molecule is CC(C)(C)c1cc(OCc2ccccc2)cc(Br)n1. The molecule has 1 heterocycles. The molecule has 0 atom stereocenters. The molecule has 0 N–H and O–H groups in total. The molecule has 2 rings (SSSR count). The summed E-state index contributed by atoms with van der Waals surface area (Å²) in [5.41, 5.74) is 2.19. The maximum Gasteiger partial charge on any atom is 0.124 e. The Morgan fingerprint density at radius 3 is 2.42 bits per heavy atom. The number of nitrogens with zero attached hydrogens (tertiary/aromatic N) is 1. The minimum Gasteiger partial charge on any atom is -0.489 e. The van der Waals surface area contributed by atoms with Crippen molar-refractivity contribution in [3.05, 3.63) is 58.3 Å². The molecule has 0 aliphatic rings. The molecule has 2 nitrogen and oxygen atoms in total. The Bertz CT molecular complexity index is 546. The fourth-order valence-corrected chi connectivity index (χ4v) is 2.10. The summed E-state index contributed by atoms with van der Waals surface area (Å²) in [6.45, 7) is 7.00. The molecule has 1 aromatic carbocycles. The third kappa shape index (κ3) is 4.06. The molecule has 0 amide bonds. The Balaban J connectivity index is 2.15. The quantitative estimate of drug-likeness (QED) is 0.763. The van der Waals surface area contributed by atoms with Gasteiger partial charge in [-0.15, -0.1) is 0 Å². The van der Waals surface area contributed by atoms with Gasteiger partial charge in [0.1, 0.15) is 17.0 Å². The number of hydrogen-bond acceptors (Lipinski definition) is 2. The van der Waals surface area contributed by atoms with E-state index in [0.717, 1.165) is 21.6 Å². The first-order valence-electron chi connectivity index (χ1n) is 6.30. The van der Waals surface area contributed by atoms with Gasteiger partial charge in [-0.25, -0.2) is 4.98 Å². The van der Waals surface area contributed by atoms with Crippen molar-refractivity contribution < 1.29 is 4.74 Å². The van der Waals surface area contributed by atoms with Gasteiger partial charge in [-0.05, 0) is 21.5 Å². The smallest absolute Gasteiger partial charge is 0.124 e. The Morgan fingerprint density at radius 2 is 1.79 bits per heavy atom. The summed E-state index contributed by atoms with van der Waals surface area (Å²) in [6, 6.07) is 14.1. The van der Waals surface area contributed by atoms with Gasteiger partial charge in [0.15, 0.2) is 0 Å². The average Bonchev–Trinajstić information content (AvgIpc) is 2.36. The minimum absolute atomic E-state index is 0.00857. The van der Waals surface area contributed by atoms with Gasteiger partial charge in [-0.2, -0.15) is 0 Å². The number of aromatic nitrogens is 1. The number of ether oxygens (including phenoxy) is 1. The van der Waals surface area contributed by atoms with Crippen LogP contribution in [-0.2, 0) is 12.0 Å². The van der Waals surface area contributed by atoms with Crippen LogP contribution >= 0.6 is 15.9 Å². The number of rotatable bonds is 3. The van der Waals surface area contributed by atoms with Crippen LogP contribution in [0, 0.1) is 0 Å². The van der Waals surface area contributed by atoms with Crippen molar-refractivity contribution in [2.45, 2.75) is 32.8 Å². The third-order valence-corrected chi connectivity index (χ3v) is 3.19. The lowest BCUT2D eigenvalue weighted by Crippen LogP contribution is -2.13.